The zero-order chi connectivity index (χ0) is 25.0. The maximum Gasteiger partial charge on any atom is 0.243 e. The van der Waals surface area contributed by atoms with Crippen LogP contribution in [0.4, 0.5) is 0 Å². The van der Waals surface area contributed by atoms with E-state index in [-0.39, 0.29) is 30.4 Å². The lowest BCUT2D eigenvalue weighted by Gasteiger charge is -2.34. The van der Waals surface area contributed by atoms with Crippen molar-refractivity contribution in [2.24, 2.45) is 0 Å². The van der Waals surface area contributed by atoms with Gasteiger partial charge in [0.25, 0.3) is 0 Å². The first-order valence-electron chi connectivity index (χ1n) is 11.5. The molecule has 0 atom stereocenters. The third-order valence-electron chi connectivity index (χ3n) is 6.26. The highest BCUT2D eigenvalue weighted by atomic mass is 32.2. The molecule has 9 heteroatoms. The maximum absolute atomic E-state index is 13.2. The lowest BCUT2D eigenvalue weighted by Crippen LogP contribution is -2.52. The first kappa shape index (κ1) is 25.0. The van der Waals surface area contributed by atoms with Crippen LogP contribution in [0, 0.1) is 0 Å². The lowest BCUT2D eigenvalue weighted by atomic mass is 10.1. The number of fused-ring (bicyclic) bond motifs is 1. The van der Waals surface area contributed by atoms with Gasteiger partial charge in [0.05, 0.1) is 25.7 Å². The van der Waals surface area contributed by atoms with Crippen molar-refractivity contribution in [1.82, 2.24) is 14.1 Å². The van der Waals surface area contributed by atoms with E-state index in [1.807, 2.05) is 60.5 Å². The first-order chi connectivity index (χ1) is 16.8. The minimum atomic E-state index is -3.62. The highest BCUT2D eigenvalue weighted by Crippen LogP contribution is 2.28. The Morgan fingerprint density at radius 2 is 1.57 bits per heavy atom. The van der Waals surface area contributed by atoms with Crippen LogP contribution < -0.4 is 9.47 Å². The van der Waals surface area contributed by atoms with Crippen LogP contribution in [0.15, 0.2) is 65.6 Å². The van der Waals surface area contributed by atoms with Crippen molar-refractivity contribution in [1.29, 1.82) is 0 Å². The number of benzene rings is 3. The van der Waals surface area contributed by atoms with Gasteiger partial charge in [0, 0.05) is 32.7 Å². The summed E-state index contributed by atoms with van der Waals surface area (Å²) >= 11 is 0. The zero-order valence-electron chi connectivity index (χ0n) is 20.3. The lowest BCUT2D eigenvalue weighted by molar-refractivity contribution is -0.133. The molecule has 1 aliphatic rings. The molecule has 3 aromatic carbocycles. The van der Waals surface area contributed by atoms with Gasteiger partial charge in [-0.15, -0.1) is 0 Å². The number of hydrogen-bond donors (Lipinski definition) is 0. The van der Waals surface area contributed by atoms with Gasteiger partial charge in [-0.1, -0.05) is 36.4 Å². The van der Waals surface area contributed by atoms with E-state index in [0.29, 0.717) is 31.1 Å². The molecule has 0 radical (unpaired) electrons. The van der Waals surface area contributed by atoms with E-state index in [9.17, 15) is 13.2 Å². The summed E-state index contributed by atoms with van der Waals surface area (Å²) in [5.74, 6) is 1.29. The Morgan fingerprint density at radius 1 is 0.886 bits per heavy atom. The van der Waals surface area contributed by atoms with Gasteiger partial charge >= 0.3 is 0 Å². The predicted molar refractivity (Wildman–Crippen MR) is 135 cm³/mol. The van der Waals surface area contributed by atoms with E-state index in [1.54, 1.807) is 31.3 Å². The minimum Gasteiger partial charge on any atom is -0.493 e. The van der Waals surface area contributed by atoms with Gasteiger partial charge < -0.3 is 14.4 Å². The second-order valence-corrected chi connectivity index (χ2v) is 10.6. The van der Waals surface area contributed by atoms with Gasteiger partial charge in [0.1, 0.15) is 0 Å². The van der Waals surface area contributed by atoms with Gasteiger partial charge in [0.2, 0.25) is 15.9 Å². The van der Waals surface area contributed by atoms with Crippen molar-refractivity contribution in [3.05, 3.63) is 66.2 Å². The van der Waals surface area contributed by atoms with E-state index in [4.69, 9.17) is 9.47 Å². The van der Waals surface area contributed by atoms with Crippen LogP contribution in [-0.4, -0.2) is 82.4 Å². The number of amides is 1. The molecule has 3 aromatic rings. The molecule has 0 saturated carbocycles. The summed E-state index contributed by atoms with van der Waals surface area (Å²) in [6.07, 6.45) is 0. The van der Waals surface area contributed by atoms with Crippen LogP contribution in [0.1, 0.15) is 5.56 Å². The van der Waals surface area contributed by atoms with Crippen LogP contribution in [0.5, 0.6) is 11.5 Å². The van der Waals surface area contributed by atoms with Crippen molar-refractivity contribution >= 4 is 26.7 Å². The fourth-order valence-electron chi connectivity index (χ4n) is 4.33. The molecule has 0 aromatic heterocycles. The number of methoxy groups -OCH3 is 2. The van der Waals surface area contributed by atoms with Crippen LogP contribution >= 0.6 is 0 Å². The highest BCUT2D eigenvalue weighted by Gasteiger charge is 2.30. The second kappa shape index (κ2) is 10.6. The predicted octanol–water partition coefficient (Wildman–Crippen LogP) is 2.82. The average molecular weight is 498 g/mol. The Morgan fingerprint density at radius 3 is 2.26 bits per heavy atom. The number of piperazine rings is 1. The van der Waals surface area contributed by atoms with E-state index >= 15 is 0 Å². The molecule has 35 heavy (non-hydrogen) atoms. The van der Waals surface area contributed by atoms with Crippen molar-refractivity contribution < 1.29 is 22.7 Å². The number of nitrogens with zero attached hydrogens (tertiary/aromatic N) is 3. The SMILES string of the molecule is COc1ccc(CN(C)CC(=O)N2CCN(S(=O)(=O)c3ccc4ccccc4c3)CC2)cc1OC. The van der Waals surface area contributed by atoms with Gasteiger partial charge in [-0.05, 0) is 47.6 Å². The van der Waals surface area contributed by atoms with Crippen molar-refractivity contribution in [2.75, 3.05) is 54.0 Å². The average Bonchev–Trinajstić information content (AvgIpc) is 2.88. The molecular formula is C26H31N3O5S. The van der Waals surface area contributed by atoms with E-state index in [1.165, 1.54) is 4.31 Å². The molecule has 0 spiro atoms. The summed E-state index contributed by atoms with van der Waals surface area (Å²) in [4.78, 5) is 16.8. The molecule has 0 unspecified atom stereocenters. The molecule has 1 heterocycles. The Balaban J connectivity index is 1.33. The van der Waals surface area contributed by atoms with Crippen molar-refractivity contribution in [2.45, 2.75) is 11.4 Å². The summed E-state index contributed by atoms with van der Waals surface area (Å²) in [5, 5.41) is 1.89. The van der Waals surface area contributed by atoms with E-state index in [0.717, 1.165) is 16.3 Å². The Labute approximate surface area is 206 Å². The third kappa shape index (κ3) is 5.58. The Kier molecular flexibility index (Phi) is 7.59. The smallest absolute Gasteiger partial charge is 0.243 e. The van der Waals surface area contributed by atoms with Crippen LogP contribution in [0.2, 0.25) is 0 Å². The van der Waals surface area contributed by atoms with E-state index in [2.05, 4.69) is 0 Å². The molecule has 8 nitrogen and oxygen atoms in total. The number of sulfonamides is 1. The van der Waals surface area contributed by atoms with Crippen LogP contribution in [0.25, 0.3) is 10.8 Å². The number of carbonyl (C=O) groups excluding carboxylic acids is 1. The van der Waals surface area contributed by atoms with Crippen LogP contribution in [-0.2, 0) is 21.4 Å². The molecule has 1 fully saturated rings. The molecule has 4 rings (SSSR count). The fraction of sp³-hybridized carbons (Fsp3) is 0.346. The Bertz CT molecular complexity index is 1300. The van der Waals surface area contributed by atoms with Crippen LogP contribution in [0.3, 0.4) is 0 Å². The molecule has 0 aliphatic carbocycles. The van der Waals surface area contributed by atoms with Gasteiger partial charge in [0.15, 0.2) is 11.5 Å². The molecule has 0 N–H and O–H groups in total. The highest BCUT2D eigenvalue weighted by molar-refractivity contribution is 7.89. The molecule has 186 valence electrons. The summed E-state index contributed by atoms with van der Waals surface area (Å²) in [6.45, 7) is 2.11. The standard InChI is InChI=1S/C26H31N3O5S/c1-27(18-20-8-11-24(33-2)25(16-20)34-3)19-26(30)28-12-14-29(15-13-28)35(31,32)23-10-9-21-6-4-5-7-22(21)17-23/h4-11,16-17H,12-15,18-19H2,1-3H3. The molecular weight excluding hydrogens is 466 g/mol. The molecule has 0 bridgehead atoms. The second-order valence-electron chi connectivity index (χ2n) is 8.66. The topological polar surface area (TPSA) is 79.4 Å². The number of likely N-dealkylation sites (N-methyl/N-ethyl adjacent to an activating group) is 1. The molecule has 1 aliphatic heterocycles. The zero-order valence-corrected chi connectivity index (χ0v) is 21.1. The molecule has 1 amide bonds. The summed E-state index contributed by atoms with van der Waals surface area (Å²) in [5.41, 5.74) is 1.00. The van der Waals surface area contributed by atoms with E-state index < -0.39 is 10.0 Å². The largest absolute Gasteiger partial charge is 0.493 e. The normalized spacial score (nSPS) is 14.9. The first-order valence-corrected chi connectivity index (χ1v) is 12.9. The monoisotopic (exact) mass is 497 g/mol. The fourth-order valence-corrected chi connectivity index (χ4v) is 5.79. The summed E-state index contributed by atoms with van der Waals surface area (Å²) < 4.78 is 38.5. The number of hydrogen-bond acceptors (Lipinski definition) is 6. The van der Waals surface area contributed by atoms with Gasteiger partial charge in [-0.3, -0.25) is 9.69 Å². The third-order valence-corrected chi connectivity index (χ3v) is 8.15. The molecule has 1 saturated heterocycles. The minimum absolute atomic E-state index is 0.0178. The number of carbonyl (C=O) groups is 1. The maximum atomic E-state index is 13.2. The number of rotatable bonds is 8. The number of ether oxygens (including phenoxy) is 2. The van der Waals surface area contributed by atoms with Crippen molar-refractivity contribution in [3.8, 4) is 11.5 Å². The van der Waals surface area contributed by atoms with Gasteiger partial charge in [-0.2, -0.15) is 4.31 Å². The van der Waals surface area contributed by atoms with Gasteiger partial charge in [-0.25, -0.2) is 8.42 Å². The Hall–Kier alpha value is -3.14. The summed E-state index contributed by atoms with van der Waals surface area (Å²) in [6, 6.07) is 18.6. The van der Waals surface area contributed by atoms with Crippen molar-refractivity contribution in [3.63, 3.8) is 0 Å². The quantitative estimate of drug-likeness (QED) is 0.476. The summed E-state index contributed by atoms with van der Waals surface area (Å²) in [7, 11) is 1.45.